The third kappa shape index (κ3) is 19.0. The molecule has 6 heteroatoms. The molecule has 0 aliphatic carbocycles. The van der Waals surface area contributed by atoms with Crippen molar-refractivity contribution in [2.75, 3.05) is 26.2 Å². The minimum absolute atomic E-state index is 0.818. The van der Waals surface area contributed by atoms with E-state index in [2.05, 4.69) is 66.6 Å². The predicted molar refractivity (Wildman–Crippen MR) is 143 cm³/mol. The van der Waals surface area contributed by atoms with Crippen molar-refractivity contribution in [2.24, 2.45) is 4.99 Å². The van der Waals surface area contributed by atoms with Gasteiger partial charge in [-0.15, -0.1) is 0 Å². The molecule has 0 spiro atoms. The molecule has 0 radical (unpaired) electrons. The molecular weight excluding hydrogens is 398 g/mol. The van der Waals surface area contributed by atoms with E-state index in [1.807, 2.05) is 52.0 Å². The third-order valence-corrected chi connectivity index (χ3v) is 3.67. The Balaban J connectivity index is -0.000000427. The van der Waals surface area contributed by atoms with Crippen LogP contribution in [0.5, 0.6) is 0 Å². The zero-order chi connectivity index (χ0) is 25.0. The van der Waals surface area contributed by atoms with Crippen LogP contribution in [-0.4, -0.2) is 49.3 Å². The first kappa shape index (κ1) is 33.6. The molecule has 0 aliphatic heterocycles. The molecule has 2 N–H and O–H groups in total. The summed E-state index contributed by atoms with van der Waals surface area (Å²) in [7, 11) is 0. The molecule has 1 aromatic heterocycles. The summed E-state index contributed by atoms with van der Waals surface area (Å²) < 4.78 is 5.02. The molecule has 0 amide bonds. The number of rotatable bonds is 9. The molecule has 0 saturated carbocycles. The van der Waals surface area contributed by atoms with Crippen LogP contribution < -0.4 is 5.32 Å². The maximum absolute atomic E-state index is 5.50. The summed E-state index contributed by atoms with van der Waals surface area (Å²) in [5, 5.41) is 12.1. The van der Waals surface area contributed by atoms with Crippen LogP contribution in [-0.2, 0) is 0 Å². The van der Waals surface area contributed by atoms with Gasteiger partial charge in [0.15, 0.2) is 5.76 Å². The summed E-state index contributed by atoms with van der Waals surface area (Å²) in [5.41, 5.74) is 2.30. The Morgan fingerprint density at radius 2 is 1.78 bits per heavy atom. The molecule has 32 heavy (non-hydrogen) atoms. The second-order valence-corrected chi connectivity index (χ2v) is 5.57. The number of nitrogens with zero attached hydrogens (tertiary/aromatic N) is 3. The van der Waals surface area contributed by atoms with Crippen LogP contribution in [0.15, 0.2) is 71.0 Å². The van der Waals surface area contributed by atoms with Gasteiger partial charge >= 0.3 is 0 Å². The highest BCUT2D eigenvalue weighted by molar-refractivity contribution is 5.57. The standard InChI is InChI=1S/C11H21N3.C10H9NO.2C2H6.CH3N/c1-4-7-8-12-11-13-9-10-14(5-2)6-3;1-8-3-2-4-9(7-8)10-5-6-11-12-10;3*1-2/h4,7-8,11H,1,5-6,9-10H2,2-3H3,(H,12,13);2-7H,1H3;2*1-2H3;2H,1H2/b8-7-;;;;. The quantitative estimate of drug-likeness (QED) is 0.259. The number of aromatic nitrogens is 1. The topological polar surface area (TPSA) is 77.5 Å². The second kappa shape index (κ2) is 28.0. The lowest BCUT2D eigenvalue weighted by molar-refractivity contribution is 0.313. The van der Waals surface area contributed by atoms with Gasteiger partial charge in [0.2, 0.25) is 0 Å². The van der Waals surface area contributed by atoms with Crippen molar-refractivity contribution in [1.29, 1.82) is 5.41 Å². The molecule has 2 aromatic rings. The van der Waals surface area contributed by atoms with Gasteiger partial charge < -0.3 is 20.1 Å². The lowest BCUT2D eigenvalue weighted by atomic mass is 10.1. The highest BCUT2D eigenvalue weighted by Crippen LogP contribution is 2.18. The van der Waals surface area contributed by atoms with E-state index in [-0.39, 0.29) is 0 Å². The molecule has 180 valence electrons. The summed E-state index contributed by atoms with van der Waals surface area (Å²) in [4.78, 5) is 6.56. The average molecular weight is 444 g/mol. The van der Waals surface area contributed by atoms with Crippen LogP contribution in [0.1, 0.15) is 47.1 Å². The van der Waals surface area contributed by atoms with E-state index in [0.717, 1.165) is 37.5 Å². The van der Waals surface area contributed by atoms with Crippen molar-refractivity contribution in [3.8, 4) is 11.3 Å². The zero-order valence-corrected chi connectivity index (χ0v) is 21.3. The number of nitrogens with one attached hydrogen (secondary N) is 2. The Morgan fingerprint density at radius 1 is 1.12 bits per heavy atom. The van der Waals surface area contributed by atoms with Crippen LogP contribution >= 0.6 is 0 Å². The normalized spacial score (nSPS) is 9.38. The number of aryl methyl sites for hydroxylation is 1. The van der Waals surface area contributed by atoms with Crippen molar-refractivity contribution in [1.82, 2.24) is 15.4 Å². The largest absolute Gasteiger partial charge is 0.356 e. The Bertz CT molecular complexity index is 677. The van der Waals surface area contributed by atoms with Gasteiger partial charge in [0.25, 0.3) is 0 Å². The molecule has 2 rings (SSSR count). The van der Waals surface area contributed by atoms with Crippen LogP contribution in [0.3, 0.4) is 0 Å². The Kier molecular flexibility index (Phi) is 29.4. The summed E-state index contributed by atoms with van der Waals surface area (Å²) in [6.45, 7) is 24.5. The first-order valence-electron chi connectivity index (χ1n) is 11.3. The van der Waals surface area contributed by atoms with Crippen LogP contribution in [0, 0.1) is 12.3 Å². The van der Waals surface area contributed by atoms with E-state index >= 15 is 0 Å². The number of benzene rings is 1. The highest BCUT2D eigenvalue weighted by atomic mass is 16.5. The highest BCUT2D eigenvalue weighted by Gasteiger charge is 1.99. The summed E-state index contributed by atoms with van der Waals surface area (Å²) in [6, 6.07) is 10.00. The van der Waals surface area contributed by atoms with Gasteiger partial charge in [0.05, 0.1) is 19.1 Å². The molecule has 0 aliphatic rings. The second-order valence-electron chi connectivity index (χ2n) is 5.57. The molecule has 0 bridgehead atoms. The number of hydrogen-bond acceptors (Lipinski definition) is 5. The zero-order valence-electron chi connectivity index (χ0n) is 21.3. The third-order valence-electron chi connectivity index (χ3n) is 3.67. The van der Waals surface area contributed by atoms with E-state index in [4.69, 9.17) is 9.93 Å². The van der Waals surface area contributed by atoms with Gasteiger partial charge in [0, 0.05) is 24.4 Å². The fourth-order valence-electron chi connectivity index (χ4n) is 2.19. The predicted octanol–water partition coefficient (Wildman–Crippen LogP) is 6.61. The minimum atomic E-state index is 0.818. The lowest BCUT2D eigenvalue weighted by Crippen LogP contribution is -2.25. The van der Waals surface area contributed by atoms with Crippen molar-refractivity contribution in [2.45, 2.75) is 48.5 Å². The molecular formula is C26H45N5O. The van der Waals surface area contributed by atoms with E-state index in [1.54, 1.807) is 24.8 Å². The fourth-order valence-corrected chi connectivity index (χ4v) is 2.19. The smallest absolute Gasteiger partial charge is 0.166 e. The molecule has 1 heterocycles. The van der Waals surface area contributed by atoms with Gasteiger partial charge in [-0.25, -0.2) is 0 Å². The first-order chi connectivity index (χ1) is 15.7. The molecule has 0 saturated heterocycles. The molecule has 0 unspecified atom stereocenters. The van der Waals surface area contributed by atoms with Gasteiger partial charge in [0.1, 0.15) is 0 Å². The lowest BCUT2D eigenvalue weighted by Gasteiger charge is -2.15. The SMILES string of the molecule is C=C/C=C\NC=NCCN(CC)CC.C=N.CC.CC.Cc1cccc(-c2ccno2)c1. The monoisotopic (exact) mass is 443 g/mol. The maximum Gasteiger partial charge on any atom is 0.166 e. The fraction of sp³-hybridized carbons (Fsp3) is 0.423. The van der Waals surface area contributed by atoms with E-state index in [1.165, 1.54) is 5.56 Å². The number of likely N-dealkylation sites (N-methyl/N-ethyl adjacent to an activating group) is 1. The van der Waals surface area contributed by atoms with E-state index in [0.29, 0.717) is 0 Å². The van der Waals surface area contributed by atoms with Gasteiger partial charge in [-0.3, -0.25) is 4.99 Å². The number of hydrogen-bond donors (Lipinski definition) is 2. The molecule has 0 fully saturated rings. The Hall–Kier alpha value is -2.99. The molecule has 6 nitrogen and oxygen atoms in total. The Morgan fingerprint density at radius 3 is 2.28 bits per heavy atom. The van der Waals surface area contributed by atoms with Gasteiger partial charge in [-0.1, -0.05) is 83.1 Å². The maximum atomic E-state index is 5.50. The van der Waals surface area contributed by atoms with Gasteiger partial charge in [-0.2, -0.15) is 0 Å². The van der Waals surface area contributed by atoms with E-state index in [9.17, 15) is 0 Å². The first-order valence-corrected chi connectivity index (χ1v) is 11.3. The Labute approximate surface area is 196 Å². The summed E-state index contributed by atoms with van der Waals surface area (Å²) >= 11 is 0. The van der Waals surface area contributed by atoms with Crippen molar-refractivity contribution in [3.63, 3.8) is 0 Å². The van der Waals surface area contributed by atoms with Crippen molar-refractivity contribution < 1.29 is 4.52 Å². The summed E-state index contributed by atoms with van der Waals surface area (Å²) in [6.07, 6.45) is 8.71. The van der Waals surface area contributed by atoms with Crippen LogP contribution in [0.4, 0.5) is 0 Å². The number of aliphatic imine (C=N–C) groups is 1. The minimum Gasteiger partial charge on any atom is -0.356 e. The van der Waals surface area contributed by atoms with E-state index < -0.39 is 0 Å². The van der Waals surface area contributed by atoms with Crippen molar-refractivity contribution >= 4 is 13.1 Å². The summed E-state index contributed by atoms with van der Waals surface area (Å²) in [5.74, 6) is 0.818. The molecule has 0 atom stereocenters. The van der Waals surface area contributed by atoms with Gasteiger partial charge in [-0.05, 0) is 38.9 Å². The van der Waals surface area contributed by atoms with Crippen LogP contribution in [0.2, 0.25) is 0 Å². The molecule has 1 aromatic carbocycles. The average Bonchev–Trinajstić information content (AvgIpc) is 3.40. The van der Waals surface area contributed by atoms with Crippen LogP contribution in [0.25, 0.3) is 11.3 Å². The van der Waals surface area contributed by atoms with Crippen molar-refractivity contribution in [3.05, 3.63) is 67.0 Å². The number of allylic oxidation sites excluding steroid dienone is 2.